The molecule has 5 heteroatoms. The molecule has 3 rings (SSSR count). The van der Waals surface area contributed by atoms with Crippen LogP contribution in [0.3, 0.4) is 0 Å². The highest BCUT2D eigenvalue weighted by atomic mass is 16.2. The highest BCUT2D eigenvalue weighted by Gasteiger charge is 2.22. The maximum Gasteiger partial charge on any atom is 0.249 e. The van der Waals surface area contributed by atoms with E-state index in [4.69, 9.17) is 0 Å². The lowest BCUT2D eigenvalue weighted by Gasteiger charge is -2.27. The number of carbonyl (C=O) groups excluding carboxylic acids is 2. The number of hydrogen-bond acceptors (Lipinski definition) is 3. The Morgan fingerprint density at radius 3 is 2.25 bits per heavy atom. The molecule has 0 unspecified atom stereocenters. The van der Waals surface area contributed by atoms with E-state index in [1.54, 1.807) is 0 Å². The van der Waals surface area contributed by atoms with Gasteiger partial charge in [-0.1, -0.05) is 36.4 Å². The molecular formula is C23H25N3O2. The van der Waals surface area contributed by atoms with Gasteiger partial charge in [-0.15, -0.1) is 0 Å². The van der Waals surface area contributed by atoms with E-state index < -0.39 is 6.04 Å². The van der Waals surface area contributed by atoms with Gasteiger partial charge in [0.25, 0.3) is 0 Å². The van der Waals surface area contributed by atoms with E-state index in [0.29, 0.717) is 6.54 Å². The van der Waals surface area contributed by atoms with Crippen molar-refractivity contribution in [2.75, 3.05) is 22.1 Å². The first-order chi connectivity index (χ1) is 13.5. The van der Waals surface area contributed by atoms with Crippen molar-refractivity contribution in [3.05, 3.63) is 66.7 Å². The summed E-state index contributed by atoms with van der Waals surface area (Å²) in [5, 5.41) is 8.16. The van der Waals surface area contributed by atoms with E-state index >= 15 is 0 Å². The smallest absolute Gasteiger partial charge is 0.249 e. The highest BCUT2D eigenvalue weighted by molar-refractivity contribution is 6.06. The number of nitrogens with zero attached hydrogens (tertiary/aromatic N) is 1. The minimum atomic E-state index is -0.398. The average molecular weight is 375 g/mol. The summed E-state index contributed by atoms with van der Waals surface area (Å²) < 4.78 is 0. The fraction of sp³-hybridized carbons (Fsp3) is 0.217. The molecule has 1 atom stereocenters. The summed E-state index contributed by atoms with van der Waals surface area (Å²) in [5.74, 6) is -0.109. The topological polar surface area (TPSA) is 61.4 Å². The van der Waals surface area contributed by atoms with Crippen LogP contribution in [0.15, 0.2) is 66.7 Å². The quantitative estimate of drug-likeness (QED) is 0.659. The van der Waals surface area contributed by atoms with Gasteiger partial charge in [0.2, 0.25) is 11.8 Å². The lowest BCUT2D eigenvalue weighted by Crippen LogP contribution is -2.41. The van der Waals surface area contributed by atoms with E-state index in [1.165, 1.54) is 6.92 Å². The van der Waals surface area contributed by atoms with Crippen LogP contribution in [0.4, 0.5) is 17.1 Å². The Morgan fingerprint density at radius 1 is 0.929 bits per heavy atom. The normalized spacial score (nSPS) is 11.7. The van der Waals surface area contributed by atoms with Gasteiger partial charge in [0.1, 0.15) is 6.04 Å². The molecule has 0 fully saturated rings. The van der Waals surface area contributed by atoms with Crippen molar-refractivity contribution in [3.63, 3.8) is 0 Å². The number of rotatable bonds is 6. The molecule has 0 aromatic heterocycles. The van der Waals surface area contributed by atoms with Crippen molar-refractivity contribution in [2.45, 2.75) is 26.8 Å². The number of amides is 2. The van der Waals surface area contributed by atoms with Crippen LogP contribution in [0.2, 0.25) is 0 Å². The Labute approximate surface area is 165 Å². The lowest BCUT2D eigenvalue weighted by atomic mass is 10.1. The zero-order chi connectivity index (χ0) is 20.1. The second kappa shape index (κ2) is 8.57. The summed E-state index contributed by atoms with van der Waals surface area (Å²) in [7, 11) is 0. The van der Waals surface area contributed by atoms with Crippen molar-refractivity contribution in [3.8, 4) is 0 Å². The van der Waals surface area contributed by atoms with Crippen LogP contribution in [-0.4, -0.2) is 24.4 Å². The molecule has 0 saturated heterocycles. The molecule has 5 nitrogen and oxygen atoms in total. The highest BCUT2D eigenvalue weighted by Crippen LogP contribution is 2.27. The molecule has 3 aromatic carbocycles. The van der Waals surface area contributed by atoms with E-state index in [1.807, 2.05) is 73.3 Å². The SMILES string of the molecule is CCN(C(=O)[C@H](C)Nc1ccc(NC(C)=O)cc1)c1cccc2ccccc12. The summed E-state index contributed by atoms with van der Waals surface area (Å²) in [6.45, 7) is 5.90. The molecule has 0 aliphatic rings. The van der Waals surface area contributed by atoms with E-state index in [-0.39, 0.29) is 11.8 Å². The predicted molar refractivity (Wildman–Crippen MR) is 116 cm³/mol. The molecule has 2 N–H and O–H groups in total. The zero-order valence-electron chi connectivity index (χ0n) is 16.4. The van der Waals surface area contributed by atoms with Crippen LogP contribution < -0.4 is 15.5 Å². The van der Waals surface area contributed by atoms with Gasteiger partial charge in [-0.3, -0.25) is 9.59 Å². The van der Waals surface area contributed by atoms with Gasteiger partial charge >= 0.3 is 0 Å². The first kappa shape index (κ1) is 19.4. The number of likely N-dealkylation sites (N-methyl/N-ethyl adjacent to an activating group) is 1. The molecule has 28 heavy (non-hydrogen) atoms. The summed E-state index contributed by atoms with van der Waals surface area (Å²) >= 11 is 0. The first-order valence-corrected chi connectivity index (χ1v) is 9.43. The van der Waals surface area contributed by atoms with Gasteiger partial charge in [0, 0.05) is 30.2 Å². The van der Waals surface area contributed by atoms with Gasteiger partial charge in [0.15, 0.2) is 0 Å². The number of nitrogens with one attached hydrogen (secondary N) is 2. The summed E-state index contributed by atoms with van der Waals surface area (Å²) in [5.41, 5.74) is 2.46. The van der Waals surface area contributed by atoms with Crippen molar-refractivity contribution >= 4 is 39.6 Å². The number of anilines is 3. The van der Waals surface area contributed by atoms with E-state index in [9.17, 15) is 9.59 Å². The van der Waals surface area contributed by atoms with E-state index in [2.05, 4.69) is 22.8 Å². The fourth-order valence-electron chi connectivity index (χ4n) is 3.29. The Hall–Kier alpha value is -3.34. The van der Waals surface area contributed by atoms with Gasteiger partial charge in [-0.25, -0.2) is 0 Å². The molecule has 0 aliphatic heterocycles. The number of fused-ring (bicyclic) bond motifs is 1. The molecule has 0 radical (unpaired) electrons. The molecule has 144 valence electrons. The van der Waals surface area contributed by atoms with Crippen molar-refractivity contribution in [1.29, 1.82) is 0 Å². The predicted octanol–water partition coefficient (Wildman–Crippen LogP) is 4.65. The molecule has 0 aliphatic carbocycles. The van der Waals surface area contributed by atoms with Crippen LogP contribution in [0.5, 0.6) is 0 Å². The van der Waals surface area contributed by atoms with Gasteiger partial charge in [-0.2, -0.15) is 0 Å². The number of benzene rings is 3. The van der Waals surface area contributed by atoms with Crippen LogP contribution in [0.25, 0.3) is 10.8 Å². The van der Waals surface area contributed by atoms with Crippen LogP contribution in [-0.2, 0) is 9.59 Å². The second-order valence-corrected chi connectivity index (χ2v) is 6.71. The third-order valence-corrected chi connectivity index (χ3v) is 4.60. The summed E-state index contributed by atoms with van der Waals surface area (Å²) in [6, 6.07) is 21.0. The monoisotopic (exact) mass is 375 g/mol. The summed E-state index contributed by atoms with van der Waals surface area (Å²) in [6.07, 6.45) is 0. The third kappa shape index (κ3) is 4.31. The molecule has 3 aromatic rings. The molecule has 0 heterocycles. The standard InChI is InChI=1S/C23H25N3O2/c1-4-26(22-11-7-9-18-8-5-6-10-21(18)22)23(28)16(2)24-19-12-14-20(15-13-19)25-17(3)27/h5-16,24H,4H2,1-3H3,(H,25,27)/t16-/m0/s1. The van der Waals surface area contributed by atoms with Crippen LogP contribution in [0.1, 0.15) is 20.8 Å². The maximum atomic E-state index is 13.1. The van der Waals surface area contributed by atoms with Gasteiger partial charge in [-0.05, 0) is 49.6 Å². The molecule has 0 spiro atoms. The fourth-order valence-corrected chi connectivity index (χ4v) is 3.29. The summed E-state index contributed by atoms with van der Waals surface area (Å²) in [4.78, 5) is 26.1. The van der Waals surface area contributed by atoms with Crippen LogP contribution >= 0.6 is 0 Å². The molecular weight excluding hydrogens is 350 g/mol. The first-order valence-electron chi connectivity index (χ1n) is 9.43. The second-order valence-electron chi connectivity index (χ2n) is 6.71. The Morgan fingerprint density at radius 2 is 1.57 bits per heavy atom. The number of carbonyl (C=O) groups is 2. The average Bonchev–Trinajstić information content (AvgIpc) is 2.69. The van der Waals surface area contributed by atoms with Crippen molar-refractivity contribution < 1.29 is 9.59 Å². The third-order valence-electron chi connectivity index (χ3n) is 4.60. The maximum absolute atomic E-state index is 13.1. The molecule has 2 amide bonds. The Bertz CT molecular complexity index is 977. The Kier molecular flexibility index (Phi) is 5.94. The van der Waals surface area contributed by atoms with Gasteiger partial charge in [0.05, 0.1) is 5.69 Å². The lowest BCUT2D eigenvalue weighted by molar-refractivity contribution is -0.119. The van der Waals surface area contributed by atoms with E-state index in [0.717, 1.165) is 27.8 Å². The van der Waals surface area contributed by atoms with Crippen LogP contribution in [0, 0.1) is 0 Å². The molecule has 0 bridgehead atoms. The minimum absolute atomic E-state index is 0.00444. The minimum Gasteiger partial charge on any atom is -0.374 e. The number of hydrogen-bond donors (Lipinski definition) is 2. The van der Waals surface area contributed by atoms with Gasteiger partial charge < -0.3 is 15.5 Å². The zero-order valence-corrected chi connectivity index (χ0v) is 16.4. The van der Waals surface area contributed by atoms with Crippen molar-refractivity contribution in [2.24, 2.45) is 0 Å². The molecule has 0 saturated carbocycles. The van der Waals surface area contributed by atoms with Crippen molar-refractivity contribution in [1.82, 2.24) is 0 Å². The largest absolute Gasteiger partial charge is 0.374 e. The Balaban J connectivity index is 1.78.